The Morgan fingerprint density at radius 1 is 1.38 bits per heavy atom. The van der Waals surface area contributed by atoms with Crippen LogP contribution < -0.4 is 0 Å². The first kappa shape index (κ1) is 13.7. The second-order valence-electron chi connectivity index (χ2n) is 3.04. The van der Waals surface area contributed by atoms with Crippen molar-refractivity contribution < 1.29 is 9.90 Å². The number of hydrogen-bond donors (Lipinski definition) is 1. The van der Waals surface area contributed by atoms with Gasteiger partial charge in [-0.25, -0.2) is 4.79 Å². The molecule has 1 N–H and O–H groups in total. The van der Waals surface area contributed by atoms with Crippen molar-refractivity contribution in [2.24, 2.45) is 0 Å². The van der Waals surface area contributed by atoms with Gasteiger partial charge in [0.2, 0.25) is 0 Å². The maximum absolute atomic E-state index is 10.8. The number of allylic oxidation sites excluding steroid dienone is 5. The van der Waals surface area contributed by atoms with Gasteiger partial charge in [0.05, 0.1) is 12.1 Å². The predicted molar refractivity (Wildman–Crippen MR) is 59.1 cm³/mol. The summed E-state index contributed by atoms with van der Waals surface area (Å²) in [4.78, 5) is 10.8. The van der Waals surface area contributed by atoms with E-state index in [1.807, 2.05) is 12.1 Å². The van der Waals surface area contributed by atoms with Crippen LogP contribution in [0.2, 0.25) is 0 Å². The van der Waals surface area contributed by atoms with E-state index in [1.165, 1.54) is 18.2 Å². The fourth-order valence-corrected chi connectivity index (χ4v) is 0.998. The Balaban J connectivity index is 5.30. The summed E-state index contributed by atoms with van der Waals surface area (Å²) >= 11 is 0. The first-order valence-electron chi connectivity index (χ1n) is 4.67. The van der Waals surface area contributed by atoms with Crippen molar-refractivity contribution in [2.45, 2.75) is 20.3 Å². The molecule has 82 valence electrons. The minimum Gasteiger partial charge on any atom is -0.478 e. The van der Waals surface area contributed by atoms with Crippen LogP contribution in [-0.2, 0) is 4.79 Å². The van der Waals surface area contributed by atoms with Crippen molar-refractivity contribution >= 4 is 5.97 Å². The third-order valence-corrected chi connectivity index (χ3v) is 1.79. The lowest BCUT2D eigenvalue weighted by Crippen LogP contribution is -1.99. The first-order valence-corrected chi connectivity index (χ1v) is 4.67. The number of aliphatic carboxylic acids is 1. The van der Waals surface area contributed by atoms with Crippen molar-refractivity contribution in [3.63, 3.8) is 0 Å². The minimum absolute atomic E-state index is 0.198. The first-order chi connectivity index (χ1) is 7.54. The molecule has 0 amide bonds. The van der Waals surface area contributed by atoms with E-state index in [9.17, 15) is 4.79 Å². The average Bonchev–Trinajstić information content (AvgIpc) is 2.25. The zero-order valence-corrected chi connectivity index (χ0v) is 9.19. The van der Waals surface area contributed by atoms with Crippen LogP contribution in [0.1, 0.15) is 20.3 Å². The fraction of sp³-hybridized carbons (Fsp3) is 0.250. The van der Waals surface area contributed by atoms with Crippen LogP contribution in [0.5, 0.6) is 0 Å². The molecule has 0 atom stereocenters. The molecule has 0 bridgehead atoms. The minimum atomic E-state index is -1.02. The van der Waals surface area contributed by atoms with E-state index in [0.717, 1.165) is 0 Å². The van der Waals surface area contributed by atoms with Crippen molar-refractivity contribution in [3.8, 4) is 12.1 Å². The highest BCUT2D eigenvalue weighted by Gasteiger charge is 2.04. The molecular formula is C12H12N2O2. The molecule has 0 rings (SSSR count). The van der Waals surface area contributed by atoms with E-state index in [4.69, 9.17) is 15.6 Å². The molecule has 0 fully saturated rings. The number of carboxylic acids is 1. The van der Waals surface area contributed by atoms with Gasteiger partial charge in [0.25, 0.3) is 0 Å². The summed E-state index contributed by atoms with van der Waals surface area (Å²) in [6.07, 6.45) is 4.44. The number of carboxylic acid groups (broad SMARTS) is 1. The Labute approximate surface area is 94.4 Å². The smallest absolute Gasteiger partial charge is 0.331 e. The summed E-state index contributed by atoms with van der Waals surface area (Å²) in [7, 11) is 0. The Morgan fingerprint density at radius 3 is 2.38 bits per heavy atom. The van der Waals surface area contributed by atoms with Gasteiger partial charge in [-0.1, -0.05) is 6.92 Å². The summed E-state index contributed by atoms with van der Waals surface area (Å²) in [5.74, 6) is -1.02. The third-order valence-electron chi connectivity index (χ3n) is 1.79. The van der Waals surface area contributed by atoms with Gasteiger partial charge in [0.15, 0.2) is 0 Å². The largest absolute Gasteiger partial charge is 0.478 e. The van der Waals surface area contributed by atoms with E-state index in [-0.39, 0.29) is 5.57 Å². The molecule has 0 unspecified atom stereocenters. The number of hydrogen-bond acceptors (Lipinski definition) is 3. The fourth-order valence-electron chi connectivity index (χ4n) is 0.998. The number of rotatable bonds is 4. The maximum atomic E-state index is 10.8. The van der Waals surface area contributed by atoms with Crippen molar-refractivity contribution in [1.29, 1.82) is 10.5 Å². The van der Waals surface area contributed by atoms with Gasteiger partial charge in [0, 0.05) is 17.2 Å². The quantitative estimate of drug-likeness (QED) is 0.444. The van der Waals surface area contributed by atoms with Crippen LogP contribution in [-0.4, -0.2) is 11.1 Å². The molecule has 4 heteroatoms. The van der Waals surface area contributed by atoms with Gasteiger partial charge in [-0.3, -0.25) is 0 Å². The van der Waals surface area contributed by atoms with Crippen LogP contribution >= 0.6 is 0 Å². The second kappa shape index (κ2) is 7.03. The molecule has 16 heavy (non-hydrogen) atoms. The monoisotopic (exact) mass is 216 g/mol. The average molecular weight is 216 g/mol. The molecule has 0 spiro atoms. The Kier molecular flexibility index (Phi) is 6.00. The van der Waals surface area contributed by atoms with Crippen LogP contribution in [0.15, 0.2) is 34.9 Å². The Bertz CT molecular complexity index is 443. The molecule has 0 aliphatic heterocycles. The number of nitrogens with zero attached hydrogens (tertiary/aromatic N) is 2. The second-order valence-corrected chi connectivity index (χ2v) is 3.04. The molecular weight excluding hydrogens is 204 g/mol. The molecule has 0 aliphatic rings. The lowest BCUT2D eigenvalue weighted by atomic mass is 10.1. The van der Waals surface area contributed by atoms with Gasteiger partial charge in [-0.2, -0.15) is 10.5 Å². The highest BCUT2D eigenvalue weighted by molar-refractivity contribution is 5.87. The zero-order chi connectivity index (χ0) is 12.6. The maximum Gasteiger partial charge on any atom is 0.331 e. The van der Waals surface area contributed by atoms with Gasteiger partial charge in [-0.05, 0) is 31.1 Å². The molecule has 0 radical (unpaired) electrons. The summed E-state index contributed by atoms with van der Waals surface area (Å²) in [6.45, 7) is 3.30. The summed E-state index contributed by atoms with van der Waals surface area (Å²) in [5, 5.41) is 25.9. The lowest BCUT2D eigenvalue weighted by molar-refractivity contribution is -0.132. The topological polar surface area (TPSA) is 84.9 Å². The molecule has 0 heterocycles. The normalized spacial score (nSPS) is 12.9. The van der Waals surface area contributed by atoms with Crippen molar-refractivity contribution in [3.05, 3.63) is 34.9 Å². The SMILES string of the molecule is CCC(=CC(C=C(C)C#N)=CC#N)C(=O)O. The summed E-state index contributed by atoms with van der Waals surface area (Å²) < 4.78 is 0. The van der Waals surface area contributed by atoms with Crippen LogP contribution in [0.4, 0.5) is 0 Å². The van der Waals surface area contributed by atoms with Gasteiger partial charge < -0.3 is 5.11 Å². The van der Waals surface area contributed by atoms with E-state index in [2.05, 4.69) is 0 Å². The lowest BCUT2D eigenvalue weighted by Gasteiger charge is -1.98. The summed E-state index contributed by atoms with van der Waals surface area (Å²) in [6, 6.07) is 3.72. The van der Waals surface area contributed by atoms with Gasteiger partial charge in [0.1, 0.15) is 0 Å². The van der Waals surface area contributed by atoms with Crippen LogP contribution in [0.25, 0.3) is 0 Å². The zero-order valence-electron chi connectivity index (χ0n) is 9.19. The van der Waals surface area contributed by atoms with Gasteiger partial charge >= 0.3 is 5.97 Å². The number of nitriles is 2. The summed E-state index contributed by atoms with van der Waals surface area (Å²) in [5.41, 5.74) is 1.03. The number of carbonyl (C=O) groups is 1. The molecule has 0 saturated carbocycles. The van der Waals surface area contributed by atoms with E-state index >= 15 is 0 Å². The predicted octanol–water partition coefficient (Wildman–Crippen LogP) is 2.33. The Hall–Kier alpha value is -2.33. The van der Waals surface area contributed by atoms with E-state index in [1.54, 1.807) is 13.8 Å². The van der Waals surface area contributed by atoms with E-state index in [0.29, 0.717) is 17.6 Å². The highest BCUT2D eigenvalue weighted by atomic mass is 16.4. The van der Waals surface area contributed by atoms with E-state index < -0.39 is 5.97 Å². The molecule has 0 aromatic heterocycles. The van der Waals surface area contributed by atoms with Crippen LogP contribution in [0.3, 0.4) is 0 Å². The third kappa shape index (κ3) is 4.78. The standard InChI is InChI=1S/C12H12N2O2/c1-3-11(12(15)16)7-10(4-5-13)6-9(2)8-14/h4,6-7H,3H2,1-2H3,(H,15,16). The molecule has 0 aromatic rings. The van der Waals surface area contributed by atoms with Crippen molar-refractivity contribution in [1.82, 2.24) is 0 Å². The van der Waals surface area contributed by atoms with Crippen LogP contribution in [0, 0.1) is 22.7 Å². The molecule has 0 saturated heterocycles. The van der Waals surface area contributed by atoms with Crippen molar-refractivity contribution in [2.75, 3.05) is 0 Å². The van der Waals surface area contributed by atoms with Gasteiger partial charge in [-0.15, -0.1) is 0 Å². The molecule has 4 nitrogen and oxygen atoms in total. The highest BCUT2D eigenvalue weighted by Crippen LogP contribution is 2.10. The Morgan fingerprint density at radius 2 is 2.00 bits per heavy atom. The molecule has 0 aliphatic carbocycles. The molecule has 0 aromatic carbocycles.